The molecule has 0 bridgehead atoms. The average Bonchev–Trinajstić information content (AvgIpc) is 2.83. The molecule has 0 aliphatic rings. The Kier molecular flexibility index (Phi) is 3.97. The Morgan fingerprint density at radius 3 is 2.75 bits per heavy atom. The number of benzene rings is 1. The summed E-state index contributed by atoms with van der Waals surface area (Å²) >= 11 is 1.81. The van der Waals surface area contributed by atoms with Crippen molar-refractivity contribution in [3.8, 4) is 5.75 Å². The Hall–Kier alpha value is -1.32. The minimum Gasteiger partial charge on any atom is -0.496 e. The summed E-state index contributed by atoms with van der Waals surface area (Å²) in [5, 5.41) is 4.41. The van der Waals surface area contributed by atoms with Crippen molar-refractivity contribution in [3.05, 3.63) is 52.2 Å². The van der Waals surface area contributed by atoms with E-state index in [0.29, 0.717) is 0 Å². The minimum atomic E-state index is 0.960. The molecule has 0 fully saturated rings. The second-order valence-corrected chi connectivity index (χ2v) is 4.62. The van der Waals surface area contributed by atoms with E-state index in [2.05, 4.69) is 35.0 Å². The van der Waals surface area contributed by atoms with Gasteiger partial charge in [0.1, 0.15) is 18.8 Å². The lowest BCUT2D eigenvalue weighted by molar-refractivity contribution is -0.685. The van der Waals surface area contributed by atoms with Crippen LogP contribution in [0.3, 0.4) is 0 Å². The Labute approximate surface area is 99.9 Å². The highest BCUT2D eigenvalue weighted by atomic mass is 32.1. The third kappa shape index (κ3) is 2.84. The largest absolute Gasteiger partial charge is 0.496 e. The quantitative estimate of drug-likeness (QED) is 0.841. The number of para-hydroxylation sites is 1. The molecule has 1 heterocycles. The molecule has 1 aromatic heterocycles. The summed E-state index contributed by atoms with van der Waals surface area (Å²) in [4.78, 5) is 1.41. The number of nitrogens with two attached hydrogens (primary N) is 1. The molecule has 0 amide bonds. The topological polar surface area (TPSA) is 25.8 Å². The first-order valence-corrected chi connectivity index (χ1v) is 6.24. The predicted molar refractivity (Wildman–Crippen MR) is 66.6 cm³/mol. The summed E-state index contributed by atoms with van der Waals surface area (Å²) in [7, 11) is 1.72. The fourth-order valence-electron chi connectivity index (χ4n) is 1.67. The highest BCUT2D eigenvalue weighted by Crippen LogP contribution is 2.15. The first-order chi connectivity index (χ1) is 7.90. The summed E-state index contributed by atoms with van der Waals surface area (Å²) in [6.45, 7) is 2.00. The van der Waals surface area contributed by atoms with Gasteiger partial charge in [-0.3, -0.25) is 0 Å². The lowest BCUT2D eigenvalue weighted by Crippen LogP contribution is -2.80. The Bertz CT molecular complexity index is 425. The molecule has 2 nitrogen and oxygen atoms in total. The second kappa shape index (κ2) is 5.68. The highest BCUT2D eigenvalue weighted by molar-refractivity contribution is 7.09. The Morgan fingerprint density at radius 1 is 1.12 bits per heavy atom. The van der Waals surface area contributed by atoms with E-state index in [4.69, 9.17) is 4.74 Å². The van der Waals surface area contributed by atoms with E-state index >= 15 is 0 Å². The molecule has 1 aromatic carbocycles. The molecule has 2 N–H and O–H groups in total. The fraction of sp³-hybridized carbons (Fsp3) is 0.231. The van der Waals surface area contributed by atoms with Crippen LogP contribution in [0.4, 0.5) is 0 Å². The fourth-order valence-corrected chi connectivity index (χ4v) is 2.37. The molecule has 0 radical (unpaired) electrons. The molecule has 0 unspecified atom stereocenters. The van der Waals surface area contributed by atoms with Crippen LogP contribution in [0.5, 0.6) is 5.75 Å². The van der Waals surface area contributed by atoms with Gasteiger partial charge in [0.05, 0.1) is 12.0 Å². The summed E-state index contributed by atoms with van der Waals surface area (Å²) in [5.74, 6) is 0.977. The lowest BCUT2D eigenvalue weighted by Gasteiger charge is -2.06. The molecule has 0 spiro atoms. The molecule has 0 aliphatic heterocycles. The molecular formula is C13H16NOS+. The van der Waals surface area contributed by atoms with Crippen LogP contribution >= 0.6 is 11.3 Å². The van der Waals surface area contributed by atoms with Gasteiger partial charge in [-0.1, -0.05) is 18.2 Å². The minimum absolute atomic E-state index is 0.960. The first-order valence-electron chi connectivity index (χ1n) is 5.36. The zero-order valence-corrected chi connectivity index (χ0v) is 10.2. The van der Waals surface area contributed by atoms with Crippen molar-refractivity contribution >= 4 is 11.3 Å². The van der Waals surface area contributed by atoms with Crippen LogP contribution in [-0.2, 0) is 13.1 Å². The third-order valence-corrected chi connectivity index (χ3v) is 3.38. The molecule has 2 aromatic rings. The maximum absolute atomic E-state index is 5.32. The van der Waals surface area contributed by atoms with Crippen molar-refractivity contribution < 1.29 is 10.1 Å². The maximum atomic E-state index is 5.32. The molecular weight excluding hydrogens is 218 g/mol. The van der Waals surface area contributed by atoms with Gasteiger partial charge in [-0.2, -0.15) is 0 Å². The van der Waals surface area contributed by atoms with Crippen LogP contribution in [0.25, 0.3) is 0 Å². The number of hydrogen-bond acceptors (Lipinski definition) is 2. The first kappa shape index (κ1) is 11.2. The van der Waals surface area contributed by atoms with Crippen LogP contribution < -0.4 is 10.1 Å². The van der Waals surface area contributed by atoms with E-state index in [1.54, 1.807) is 18.4 Å². The van der Waals surface area contributed by atoms with Crippen molar-refractivity contribution in [3.63, 3.8) is 0 Å². The smallest absolute Gasteiger partial charge is 0.127 e. The van der Waals surface area contributed by atoms with Crippen LogP contribution in [-0.4, -0.2) is 7.11 Å². The van der Waals surface area contributed by atoms with Crippen LogP contribution in [0, 0.1) is 0 Å². The molecule has 2 rings (SSSR count). The molecule has 0 aliphatic carbocycles. The molecule has 84 valence electrons. The van der Waals surface area contributed by atoms with E-state index in [0.717, 1.165) is 18.8 Å². The molecule has 0 saturated carbocycles. The molecule has 0 saturated heterocycles. The number of methoxy groups -OCH3 is 1. The van der Waals surface area contributed by atoms with Gasteiger partial charge < -0.3 is 10.1 Å². The van der Waals surface area contributed by atoms with E-state index in [1.165, 1.54) is 10.4 Å². The molecule has 3 heteroatoms. The van der Waals surface area contributed by atoms with Gasteiger partial charge >= 0.3 is 0 Å². The number of quaternary nitrogens is 1. The van der Waals surface area contributed by atoms with Gasteiger partial charge in [-0.25, -0.2) is 0 Å². The lowest BCUT2D eigenvalue weighted by atomic mass is 10.2. The Morgan fingerprint density at radius 2 is 2.00 bits per heavy atom. The van der Waals surface area contributed by atoms with E-state index in [9.17, 15) is 0 Å². The SMILES string of the molecule is COc1ccccc1C[NH2+]Cc1cccs1. The van der Waals surface area contributed by atoms with Crippen molar-refractivity contribution in [2.75, 3.05) is 7.11 Å². The standard InChI is InChI=1S/C13H15NOS/c1-15-13-7-3-2-5-11(13)9-14-10-12-6-4-8-16-12/h2-8,14H,9-10H2,1H3/p+1. The van der Waals surface area contributed by atoms with Gasteiger partial charge in [0.2, 0.25) is 0 Å². The Balaban J connectivity index is 1.89. The number of thiophene rings is 1. The van der Waals surface area contributed by atoms with Crippen LogP contribution in [0.1, 0.15) is 10.4 Å². The third-order valence-electron chi connectivity index (χ3n) is 2.48. The van der Waals surface area contributed by atoms with Gasteiger partial charge in [-0.15, -0.1) is 11.3 Å². The monoisotopic (exact) mass is 234 g/mol. The summed E-state index contributed by atoms with van der Waals surface area (Å²) < 4.78 is 5.32. The highest BCUT2D eigenvalue weighted by Gasteiger charge is 2.03. The summed E-state index contributed by atoms with van der Waals surface area (Å²) in [5.41, 5.74) is 1.25. The second-order valence-electron chi connectivity index (χ2n) is 3.59. The number of rotatable bonds is 5. The van der Waals surface area contributed by atoms with Crippen LogP contribution in [0.15, 0.2) is 41.8 Å². The van der Waals surface area contributed by atoms with Gasteiger partial charge in [0.25, 0.3) is 0 Å². The van der Waals surface area contributed by atoms with Crippen molar-refractivity contribution in [2.24, 2.45) is 0 Å². The zero-order chi connectivity index (χ0) is 11.2. The van der Waals surface area contributed by atoms with E-state index < -0.39 is 0 Å². The average molecular weight is 234 g/mol. The number of ether oxygens (including phenoxy) is 1. The van der Waals surface area contributed by atoms with Gasteiger partial charge in [0.15, 0.2) is 0 Å². The predicted octanol–water partition coefficient (Wildman–Crippen LogP) is 2.02. The summed E-state index contributed by atoms with van der Waals surface area (Å²) in [6.07, 6.45) is 0. The van der Waals surface area contributed by atoms with Gasteiger partial charge in [0, 0.05) is 5.56 Å². The zero-order valence-electron chi connectivity index (χ0n) is 9.35. The number of hydrogen-bond donors (Lipinski definition) is 1. The molecule has 16 heavy (non-hydrogen) atoms. The van der Waals surface area contributed by atoms with Crippen molar-refractivity contribution in [2.45, 2.75) is 13.1 Å². The van der Waals surface area contributed by atoms with Crippen LogP contribution in [0.2, 0.25) is 0 Å². The van der Waals surface area contributed by atoms with E-state index in [-0.39, 0.29) is 0 Å². The maximum Gasteiger partial charge on any atom is 0.127 e. The van der Waals surface area contributed by atoms with E-state index in [1.807, 2.05) is 12.1 Å². The normalized spacial score (nSPS) is 10.3. The van der Waals surface area contributed by atoms with Crippen molar-refractivity contribution in [1.29, 1.82) is 0 Å². The van der Waals surface area contributed by atoms with Gasteiger partial charge in [-0.05, 0) is 23.6 Å². The molecule has 0 atom stereocenters. The summed E-state index contributed by atoms with van der Waals surface area (Å²) in [6, 6.07) is 12.4. The van der Waals surface area contributed by atoms with Crippen molar-refractivity contribution in [1.82, 2.24) is 0 Å².